The number of carbonyl (C=O) groups is 1. The molecule has 0 fully saturated rings. The molecule has 0 unspecified atom stereocenters. The Balaban J connectivity index is 2.91. The van der Waals surface area contributed by atoms with Crippen molar-refractivity contribution in [1.82, 2.24) is 0 Å². The van der Waals surface area contributed by atoms with Gasteiger partial charge in [-0.25, -0.2) is 0 Å². The SMILES string of the molecule is Nc1csc2ccc(C=O)c(N)c12. The Morgan fingerprint density at radius 3 is 2.77 bits per heavy atom. The van der Waals surface area contributed by atoms with Crippen LogP contribution in [0.1, 0.15) is 10.4 Å². The van der Waals surface area contributed by atoms with Gasteiger partial charge in [0.25, 0.3) is 0 Å². The quantitative estimate of drug-likeness (QED) is 0.535. The normalized spacial score (nSPS) is 10.5. The highest BCUT2D eigenvalue weighted by Gasteiger charge is 2.07. The zero-order chi connectivity index (χ0) is 9.42. The Morgan fingerprint density at radius 1 is 1.31 bits per heavy atom. The third kappa shape index (κ3) is 1.07. The summed E-state index contributed by atoms with van der Waals surface area (Å²) < 4.78 is 1.01. The minimum absolute atomic E-state index is 0.478. The van der Waals surface area contributed by atoms with Gasteiger partial charge in [-0.2, -0.15) is 0 Å². The van der Waals surface area contributed by atoms with Crippen molar-refractivity contribution in [2.75, 3.05) is 11.5 Å². The van der Waals surface area contributed by atoms with E-state index in [1.807, 2.05) is 11.4 Å². The van der Waals surface area contributed by atoms with Gasteiger partial charge < -0.3 is 11.5 Å². The molecule has 0 aliphatic carbocycles. The fourth-order valence-corrected chi connectivity index (χ4v) is 2.16. The second kappa shape index (κ2) is 2.74. The number of nitrogens with two attached hydrogens (primary N) is 2. The number of fused-ring (bicyclic) bond motifs is 1. The van der Waals surface area contributed by atoms with Crippen LogP contribution in [0.3, 0.4) is 0 Å². The van der Waals surface area contributed by atoms with Crippen molar-refractivity contribution in [1.29, 1.82) is 0 Å². The van der Waals surface area contributed by atoms with Crippen molar-refractivity contribution in [2.24, 2.45) is 0 Å². The maximum atomic E-state index is 10.6. The fourth-order valence-electron chi connectivity index (χ4n) is 1.30. The van der Waals surface area contributed by atoms with E-state index >= 15 is 0 Å². The number of aldehydes is 1. The first-order chi connectivity index (χ1) is 6.24. The van der Waals surface area contributed by atoms with E-state index in [1.54, 1.807) is 6.07 Å². The molecule has 0 saturated carbocycles. The molecule has 0 aliphatic rings. The van der Waals surface area contributed by atoms with Crippen LogP contribution in [0.5, 0.6) is 0 Å². The van der Waals surface area contributed by atoms with Crippen LogP contribution in [0.4, 0.5) is 11.4 Å². The molecule has 0 aliphatic heterocycles. The van der Waals surface area contributed by atoms with E-state index in [0.29, 0.717) is 16.9 Å². The molecule has 1 heterocycles. The number of rotatable bonds is 1. The van der Waals surface area contributed by atoms with E-state index in [4.69, 9.17) is 11.5 Å². The summed E-state index contributed by atoms with van der Waals surface area (Å²) in [6, 6.07) is 3.57. The van der Waals surface area contributed by atoms with E-state index in [1.165, 1.54) is 11.3 Å². The lowest BCUT2D eigenvalue weighted by Gasteiger charge is -2.00. The third-order valence-electron chi connectivity index (χ3n) is 1.97. The fraction of sp³-hybridized carbons (Fsp3) is 0. The molecule has 66 valence electrons. The summed E-state index contributed by atoms with van der Waals surface area (Å²) in [5.74, 6) is 0. The Kier molecular flexibility index (Phi) is 1.70. The van der Waals surface area contributed by atoms with Gasteiger partial charge >= 0.3 is 0 Å². The summed E-state index contributed by atoms with van der Waals surface area (Å²) in [5.41, 5.74) is 13.1. The number of hydrogen-bond donors (Lipinski definition) is 2. The highest BCUT2D eigenvalue weighted by molar-refractivity contribution is 7.18. The molecule has 0 atom stereocenters. The van der Waals surface area contributed by atoms with Crippen LogP contribution in [-0.2, 0) is 0 Å². The van der Waals surface area contributed by atoms with Gasteiger partial charge in [-0.05, 0) is 12.1 Å². The van der Waals surface area contributed by atoms with E-state index < -0.39 is 0 Å². The number of thiophene rings is 1. The molecule has 2 aromatic rings. The molecular formula is C9H8N2OS. The summed E-state index contributed by atoms with van der Waals surface area (Å²) in [6.45, 7) is 0. The van der Waals surface area contributed by atoms with Crippen molar-refractivity contribution in [3.8, 4) is 0 Å². The van der Waals surface area contributed by atoms with E-state index in [2.05, 4.69) is 0 Å². The zero-order valence-electron chi connectivity index (χ0n) is 6.78. The first-order valence-electron chi connectivity index (χ1n) is 3.74. The standard InChI is InChI=1S/C9H8N2OS/c10-6-4-13-7-2-1-5(3-12)9(11)8(6)7/h1-4H,10-11H2. The van der Waals surface area contributed by atoms with Crippen LogP contribution in [-0.4, -0.2) is 6.29 Å². The minimum Gasteiger partial charge on any atom is -0.398 e. The average Bonchev–Trinajstić information content (AvgIpc) is 2.49. The van der Waals surface area contributed by atoms with E-state index in [0.717, 1.165) is 16.4 Å². The average molecular weight is 192 g/mol. The maximum absolute atomic E-state index is 10.6. The molecular weight excluding hydrogens is 184 g/mol. The summed E-state index contributed by atoms with van der Waals surface area (Å²) in [6.07, 6.45) is 0.742. The van der Waals surface area contributed by atoms with Crippen LogP contribution < -0.4 is 11.5 Å². The molecule has 13 heavy (non-hydrogen) atoms. The number of carbonyl (C=O) groups excluding carboxylic acids is 1. The summed E-state index contributed by atoms with van der Waals surface area (Å²) in [5, 5.41) is 2.63. The molecule has 0 amide bonds. The van der Waals surface area contributed by atoms with Crippen molar-refractivity contribution >= 4 is 39.1 Å². The van der Waals surface area contributed by atoms with Crippen LogP contribution in [0.25, 0.3) is 10.1 Å². The Labute approximate surface area is 79.0 Å². The molecule has 1 aromatic carbocycles. The molecule has 0 bridgehead atoms. The van der Waals surface area contributed by atoms with Gasteiger partial charge in [0, 0.05) is 21.0 Å². The lowest BCUT2D eigenvalue weighted by molar-refractivity contribution is 0.112. The van der Waals surface area contributed by atoms with E-state index in [-0.39, 0.29) is 0 Å². The molecule has 1 aromatic heterocycles. The molecule has 0 spiro atoms. The predicted octanol–water partition coefficient (Wildman–Crippen LogP) is 1.88. The Morgan fingerprint density at radius 2 is 2.08 bits per heavy atom. The number of benzene rings is 1. The van der Waals surface area contributed by atoms with Crippen molar-refractivity contribution in [2.45, 2.75) is 0 Å². The zero-order valence-corrected chi connectivity index (χ0v) is 7.60. The maximum Gasteiger partial charge on any atom is 0.152 e. The van der Waals surface area contributed by atoms with Gasteiger partial charge in [-0.1, -0.05) is 0 Å². The molecule has 0 radical (unpaired) electrons. The van der Waals surface area contributed by atoms with Crippen LogP contribution in [0.15, 0.2) is 17.5 Å². The molecule has 0 saturated heterocycles. The first kappa shape index (κ1) is 8.07. The summed E-state index contributed by atoms with van der Waals surface area (Å²) in [7, 11) is 0. The monoisotopic (exact) mass is 192 g/mol. The van der Waals surface area contributed by atoms with Gasteiger partial charge in [0.1, 0.15) is 0 Å². The molecule has 2 rings (SSSR count). The van der Waals surface area contributed by atoms with Crippen LogP contribution >= 0.6 is 11.3 Å². The predicted molar refractivity (Wildman–Crippen MR) is 56.0 cm³/mol. The Hall–Kier alpha value is -1.55. The van der Waals surface area contributed by atoms with Gasteiger partial charge in [0.2, 0.25) is 0 Å². The van der Waals surface area contributed by atoms with Gasteiger partial charge in [-0.15, -0.1) is 11.3 Å². The molecule has 4 heteroatoms. The van der Waals surface area contributed by atoms with Crippen LogP contribution in [0, 0.1) is 0 Å². The largest absolute Gasteiger partial charge is 0.398 e. The summed E-state index contributed by atoms with van der Waals surface area (Å²) in [4.78, 5) is 10.6. The lowest BCUT2D eigenvalue weighted by Crippen LogP contribution is -1.94. The van der Waals surface area contributed by atoms with Gasteiger partial charge in [-0.3, -0.25) is 4.79 Å². The topological polar surface area (TPSA) is 69.1 Å². The highest BCUT2D eigenvalue weighted by atomic mass is 32.1. The molecule has 3 nitrogen and oxygen atoms in total. The number of hydrogen-bond acceptors (Lipinski definition) is 4. The number of nitrogen functional groups attached to an aromatic ring is 2. The second-order valence-corrected chi connectivity index (χ2v) is 3.66. The lowest BCUT2D eigenvalue weighted by atomic mass is 10.1. The van der Waals surface area contributed by atoms with Gasteiger partial charge in [0.05, 0.1) is 11.4 Å². The smallest absolute Gasteiger partial charge is 0.152 e. The Bertz CT molecular complexity index is 476. The van der Waals surface area contributed by atoms with Crippen molar-refractivity contribution in [3.63, 3.8) is 0 Å². The second-order valence-electron chi connectivity index (χ2n) is 2.75. The highest BCUT2D eigenvalue weighted by Crippen LogP contribution is 2.33. The first-order valence-corrected chi connectivity index (χ1v) is 4.62. The minimum atomic E-state index is 0.478. The summed E-state index contributed by atoms with van der Waals surface area (Å²) >= 11 is 1.53. The van der Waals surface area contributed by atoms with Crippen molar-refractivity contribution in [3.05, 3.63) is 23.1 Å². The third-order valence-corrected chi connectivity index (χ3v) is 2.94. The van der Waals surface area contributed by atoms with Gasteiger partial charge in [0.15, 0.2) is 6.29 Å². The number of anilines is 2. The van der Waals surface area contributed by atoms with Crippen molar-refractivity contribution < 1.29 is 4.79 Å². The van der Waals surface area contributed by atoms with Crippen LogP contribution in [0.2, 0.25) is 0 Å². The van der Waals surface area contributed by atoms with E-state index in [9.17, 15) is 4.79 Å². The molecule has 4 N–H and O–H groups in total.